The van der Waals surface area contributed by atoms with Crippen LogP contribution in [0.5, 0.6) is 0 Å². The quantitative estimate of drug-likeness (QED) is 0.507. The Morgan fingerprint density at radius 3 is 1.94 bits per heavy atom. The minimum atomic E-state index is -4.05. The van der Waals surface area contributed by atoms with Gasteiger partial charge in [-0.05, 0) is 37.0 Å². The molecule has 0 rings (SSSR count). The average molecular weight is 264 g/mol. The minimum absolute atomic E-state index is 0.151. The van der Waals surface area contributed by atoms with Crippen molar-refractivity contribution in [3.05, 3.63) is 12.2 Å². The van der Waals surface area contributed by atoms with Gasteiger partial charge >= 0.3 is 6.18 Å². The largest absolute Gasteiger partial charge is 0.391 e. The first kappa shape index (κ1) is 17.5. The molecular formula is C15H27F3. The van der Waals surface area contributed by atoms with Crippen molar-refractivity contribution < 1.29 is 13.2 Å². The van der Waals surface area contributed by atoms with E-state index in [0.29, 0.717) is 11.8 Å². The SMILES string of the molecule is CC(C)/C=C/CCC(CC(C)C(F)(F)F)C(C)C. The van der Waals surface area contributed by atoms with E-state index in [2.05, 4.69) is 26.0 Å². The maximum absolute atomic E-state index is 12.6. The number of hydrogen-bond acceptors (Lipinski definition) is 0. The van der Waals surface area contributed by atoms with Crippen LogP contribution < -0.4 is 0 Å². The molecule has 0 saturated heterocycles. The summed E-state index contributed by atoms with van der Waals surface area (Å²) in [5.41, 5.74) is 0. The fourth-order valence-electron chi connectivity index (χ4n) is 1.99. The Kier molecular flexibility index (Phi) is 7.65. The number of rotatable bonds is 7. The Labute approximate surface area is 110 Å². The van der Waals surface area contributed by atoms with Crippen molar-refractivity contribution in [2.45, 2.75) is 60.1 Å². The van der Waals surface area contributed by atoms with E-state index in [1.165, 1.54) is 6.92 Å². The van der Waals surface area contributed by atoms with Gasteiger partial charge in [0.2, 0.25) is 0 Å². The Bertz CT molecular complexity index is 239. The molecule has 0 aliphatic heterocycles. The van der Waals surface area contributed by atoms with Crippen LogP contribution in [0.15, 0.2) is 12.2 Å². The van der Waals surface area contributed by atoms with E-state index in [4.69, 9.17) is 0 Å². The normalized spacial score (nSPS) is 16.8. The monoisotopic (exact) mass is 264 g/mol. The van der Waals surface area contributed by atoms with E-state index in [0.717, 1.165) is 12.8 Å². The summed E-state index contributed by atoms with van der Waals surface area (Å²) in [6, 6.07) is 0. The Hall–Kier alpha value is -0.470. The molecule has 2 atom stereocenters. The van der Waals surface area contributed by atoms with Gasteiger partial charge < -0.3 is 0 Å². The molecule has 0 nitrogen and oxygen atoms in total. The molecule has 0 bridgehead atoms. The highest BCUT2D eigenvalue weighted by atomic mass is 19.4. The van der Waals surface area contributed by atoms with Gasteiger partial charge in [-0.15, -0.1) is 0 Å². The molecule has 0 heterocycles. The third kappa shape index (κ3) is 7.78. The fourth-order valence-corrected chi connectivity index (χ4v) is 1.99. The van der Waals surface area contributed by atoms with Gasteiger partial charge in [-0.3, -0.25) is 0 Å². The Morgan fingerprint density at radius 1 is 1.00 bits per heavy atom. The zero-order chi connectivity index (χ0) is 14.3. The van der Waals surface area contributed by atoms with Gasteiger partial charge in [0.25, 0.3) is 0 Å². The molecule has 2 unspecified atom stereocenters. The molecule has 3 heteroatoms. The van der Waals surface area contributed by atoms with Crippen LogP contribution in [0.3, 0.4) is 0 Å². The molecule has 0 aliphatic carbocycles. The summed E-state index contributed by atoms with van der Waals surface area (Å²) in [5, 5.41) is 0. The zero-order valence-electron chi connectivity index (χ0n) is 12.2. The van der Waals surface area contributed by atoms with Gasteiger partial charge in [0.15, 0.2) is 0 Å². The number of halogens is 3. The maximum atomic E-state index is 12.6. The van der Waals surface area contributed by atoms with E-state index < -0.39 is 12.1 Å². The van der Waals surface area contributed by atoms with Crippen LogP contribution in [-0.4, -0.2) is 6.18 Å². The fraction of sp³-hybridized carbons (Fsp3) is 0.867. The molecule has 0 spiro atoms. The molecule has 0 aliphatic rings. The summed E-state index contributed by atoms with van der Waals surface area (Å²) >= 11 is 0. The van der Waals surface area contributed by atoms with Gasteiger partial charge in [-0.25, -0.2) is 0 Å². The standard InChI is InChI=1S/C15H27F3/c1-11(2)8-6-7-9-14(12(3)4)10-13(5)15(16,17)18/h6,8,11-14H,7,9-10H2,1-5H3/b8-6+. The first-order chi connectivity index (χ1) is 8.14. The Morgan fingerprint density at radius 2 is 1.56 bits per heavy atom. The smallest absolute Gasteiger partial charge is 0.171 e. The molecule has 108 valence electrons. The molecular weight excluding hydrogens is 237 g/mol. The molecule has 0 aromatic heterocycles. The first-order valence-corrected chi connectivity index (χ1v) is 6.88. The van der Waals surface area contributed by atoms with Gasteiger partial charge in [0.1, 0.15) is 0 Å². The molecule has 0 aromatic rings. The third-order valence-corrected chi connectivity index (χ3v) is 3.38. The van der Waals surface area contributed by atoms with Gasteiger partial charge in [-0.2, -0.15) is 13.2 Å². The van der Waals surface area contributed by atoms with Crippen molar-refractivity contribution in [2.24, 2.45) is 23.7 Å². The molecule has 0 fully saturated rings. The van der Waals surface area contributed by atoms with E-state index in [9.17, 15) is 13.2 Å². The highest BCUT2D eigenvalue weighted by Crippen LogP contribution is 2.34. The maximum Gasteiger partial charge on any atom is 0.391 e. The van der Waals surface area contributed by atoms with Crippen LogP contribution in [0.4, 0.5) is 13.2 Å². The molecule has 0 saturated carbocycles. The number of allylic oxidation sites excluding steroid dienone is 2. The van der Waals surface area contributed by atoms with Crippen molar-refractivity contribution in [2.75, 3.05) is 0 Å². The lowest BCUT2D eigenvalue weighted by Crippen LogP contribution is -2.24. The second-order valence-corrected chi connectivity index (χ2v) is 5.93. The highest BCUT2D eigenvalue weighted by Gasteiger charge is 2.37. The second-order valence-electron chi connectivity index (χ2n) is 5.93. The lowest BCUT2D eigenvalue weighted by atomic mass is 9.83. The van der Waals surface area contributed by atoms with E-state index in [1.54, 1.807) is 0 Å². The predicted molar refractivity (Wildman–Crippen MR) is 71.4 cm³/mol. The van der Waals surface area contributed by atoms with E-state index in [1.807, 2.05) is 13.8 Å². The van der Waals surface area contributed by atoms with Crippen LogP contribution in [0.1, 0.15) is 53.9 Å². The van der Waals surface area contributed by atoms with E-state index >= 15 is 0 Å². The zero-order valence-corrected chi connectivity index (χ0v) is 12.2. The lowest BCUT2D eigenvalue weighted by Gasteiger charge is -2.25. The summed E-state index contributed by atoms with van der Waals surface area (Å²) in [6.45, 7) is 9.52. The first-order valence-electron chi connectivity index (χ1n) is 6.88. The van der Waals surface area contributed by atoms with Crippen molar-refractivity contribution >= 4 is 0 Å². The van der Waals surface area contributed by atoms with Crippen molar-refractivity contribution in [1.29, 1.82) is 0 Å². The number of hydrogen-bond donors (Lipinski definition) is 0. The third-order valence-electron chi connectivity index (χ3n) is 3.38. The van der Waals surface area contributed by atoms with Crippen LogP contribution in [0, 0.1) is 23.7 Å². The van der Waals surface area contributed by atoms with E-state index in [-0.39, 0.29) is 12.3 Å². The minimum Gasteiger partial charge on any atom is -0.171 e. The van der Waals surface area contributed by atoms with Crippen LogP contribution in [0.2, 0.25) is 0 Å². The van der Waals surface area contributed by atoms with Crippen LogP contribution >= 0.6 is 0 Å². The van der Waals surface area contributed by atoms with Gasteiger partial charge in [0.05, 0.1) is 5.92 Å². The van der Waals surface area contributed by atoms with Gasteiger partial charge in [-0.1, -0.05) is 46.8 Å². The molecule has 18 heavy (non-hydrogen) atoms. The van der Waals surface area contributed by atoms with Crippen molar-refractivity contribution in [1.82, 2.24) is 0 Å². The molecule has 0 N–H and O–H groups in total. The van der Waals surface area contributed by atoms with Crippen LogP contribution in [-0.2, 0) is 0 Å². The molecule has 0 amide bonds. The summed E-state index contributed by atoms with van der Waals surface area (Å²) in [7, 11) is 0. The number of alkyl halides is 3. The summed E-state index contributed by atoms with van der Waals surface area (Å²) < 4.78 is 37.7. The second kappa shape index (κ2) is 7.85. The molecule has 0 radical (unpaired) electrons. The Balaban J connectivity index is 4.24. The van der Waals surface area contributed by atoms with Crippen LogP contribution in [0.25, 0.3) is 0 Å². The van der Waals surface area contributed by atoms with Gasteiger partial charge in [0, 0.05) is 0 Å². The molecule has 0 aromatic carbocycles. The predicted octanol–water partition coefficient (Wildman–Crippen LogP) is 5.84. The average Bonchev–Trinajstić information content (AvgIpc) is 2.19. The van der Waals surface area contributed by atoms with Crippen molar-refractivity contribution in [3.63, 3.8) is 0 Å². The summed E-state index contributed by atoms with van der Waals surface area (Å²) in [4.78, 5) is 0. The topological polar surface area (TPSA) is 0 Å². The van der Waals surface area contributed by atoms with Crippen molar-refractivity contribution in [3.8, 4) is 0 Å². The lowest BCUT2D eigenvalue weighted by molar-refractivity contribution is -0.174. The summed E-state index contributed by atoms with van der Waals surface area (Å²) in [6.07, 6.45) is 2.13. The highest BCUT2D eigenvalue weighted by molar-refractivity contribution is 4.85. The summed E-state index contributed by atoms with van der Waals surface area (Å²) in [5.74, 6) is -0.226.